The monoisotopic (exact) mass is 225 g/mol. The smallest absolute Gasteiger partial charge is 0.107 e. The molecule has 1 heterocycles. The number of H-pyrrole nitrogens is 1. The highest BCUT2D eigenvalue weighted by molar-refractivity contribution is 5.63. The van der Waals surface area contributed by atoms with Crippen LogP contribution in [0.5, 0.6) is 0 Å². The molecule has 1 N–H and O–H groups in total. The third-order valence-electron chi connectivity index (χ3n) is 2.79. The normalized spacial score (nSPS) is 10.2. The van der Waals surface area contributed by atoms with Crippen molar-refractivity contribution in [2.45, 2.75) is 26.7 Å². The first-order chi connectivity index (χ1) is 8.20. The Morgan fingerprint density at radius 2 is 2.18 bits per heavy atom. The van der Waals surface area contributed by atoms with Crippen LogP contribution in [-0.2, 0) is 6.42 Å². The predicted molar refractivity (Wildman–Crippen MR) is 67.4 cm³/mol. The first-order valence-corrected chi connectivity index (χ1v) is 5.69. The molecule has 17 heavy (non-hydrogen) atoms. The number of aryl methyl sites for hydroxylation is 3. The van der Waals surface area contributed by atoms with Crippen LogP contribution in [0.15, 0.2) is 24.4 Å². The number of aromatic nitrogens is 2. The zero-order valence-corrected chi connectivity index (χ0v) is 10.1. The standard InChI is InChI=1S/C14H15N3/c1-10-5-6-11(2)12(8-10)13-9-16-14(17-13)4-3-7-15/h5-6,8-9H,3-4H2,1-2H3,(H,16,17). The maximum atomic E-state index is 8.54. The van der Waals surface area contributed by atoms with Crippen LogP contribution in [-0.4, -0.2) is 9.97 Å². The van der Waals surface area contributed by atoms with Gasteiger partial charge in [-0.1, -0.05) is 17.7 Å². The number of nitrogens with zero attached hydrogens (tertiary/aromatic N) is 2. The number of rotatable bonds is 3. The molecule has 0 saturated heterocycles. The summed E-state index contributed by atoms with van der Waals surface area (Å²) in [6, 6.07) is 8.49. The van der Waals surface area contributed by atoms with Gasteiger partial charge in [0.2, 0.25) is 0 Å². The maximum absolute atomic E-state index is 8.54. The summed E-state index contributed by atoms with van der Waals surface area (Å²) in [7, 11) is 0. The largest absolute Gasteiger partial charge is 0.342 e. The summed E-state index contributed by atoms with van der Waals surface area (Å²) < 4.78 is 0. The third-order valence-corrected chi connectivity index (χ3v) is 2.79. The summed E-state index contributed by atoms with van der Waals surface area (Å²) in [6.45, 7) is 4.17. The highest BCUT2D eigenvalue weighted by Crippen LogP contribution is 2.22. The molecule has 0 bridgehead atoms. The van der Waals surface area contributed by atoms with E-state index in [0.29, 0.717) is 12.8 Å². The topological polar surface area (TPSA) is 52.5 Å². The van der Waals surface area contributed by atoms with Gasteiger partial charge in [0.15, 0.2) is 0 Å². The molecule has 86 valence electrons. The molecule has 0 saturated carbocycles. The molecule has 2 aromatic rings. The fourth-order valence-corrected chi connectivity index (χ4v) is 1.83. The van der Waals surface area contributed by atoms with Crippen molar-refractivity contribution in [1.82, 2.24) is 9.97 Å². The SMILES string of the molecule is Cc1ccc(C)c(-c2cnc(CCC#N)[nH]2)c1. The van der Waals surface area contributed by atoms with Gasteiger partial charge in [0.05, 0.1) is 18.0 Å². The van der Waals surface area contributed by atoms with E-state index in [1.165, 1.54) is 16.7 Å². The zero-order chi connectivity index (χ0) is 12.3. The van der Waals surface area contributed by atoms with Gasteiger partial charge >= 0.3 is 0 Å². The van der Waals surface area contributed by atoms with Gasteiger partial charge in [-0.25, -0.2) is 4.98 Å². The van der Waals surface area contributed by atoms with Gasteiger partial charge in [-0.2, -0.15) is 5.26 Å². The highest BCUT2D eigenvalue weighted by atomic mass is 14.9. The minimum Gasteiger partial charge on any atom is -0.342 e. The van der Waals surface area contributed by atoms with Crippen LogP contribution in [0, 0.1) is 25.2 Å². The van der Waals surface area contributed by atoms with E-state index in [0.717, 1.165) is 11.5 Å². The average molecular weight is 225 g/mol. The lowest BCUT2D eigenvalue weighted by Gasteiger charge is -2.04. The number of nitrogens with one attached hydrogen (secondary N) is 1. The van der Waals surface area contributed by atoms with Crippen LogP contribution < -0.4 is 0 Å². The van der Waals surface area contributed by atoms with Gasteiger partial charge in [-0.3, -0.25) is 0 Å². The van der Waals surface area contributed by atoms with E-state index < -0.39 is 0 Å². The van der Waals surface area contributed by atoms with Crippen LogP contribution in [0.2, 0.25) is 0 Å². The summed E-state index contributed by atoms with van der Waals surface area (Å²) in [5.74, 6) is 0.877. The fourth-order valence-electron chi connectivity index (χ4n) is 1.83. The molecule has 0 spiro atoms. The van der Waals surface area contributed by atoms with Crippen molar-refractivity contribution in [3.63, 3.8) is 0 Å². The van der Waals surface area contributed by atoms with Crippen LogP contribution in [0.25, 0.3) is 11.3 Å². The van der Waals surface area contributed by atoms with Gasteiger partial charge in [0.1, 0.15) is 5.82 Å². The zero-order valence-electron chi connectivity index (χ0n) is 10.1. The van der Waals surface area contributed by atoms with Crippen molar-refractivity contribution in [2.75, 3.05) is 0 Å². The number of nitriles is 1. The van der Waals surface area contributed by atoms with E-state index in [1.54, 1.807) is 0 Å². The van der Waals surface area contributed by atoms with E-state index in [9.17, 15) is 0 Å². The Kier molecular flexibility index (Phi) is 3.24. The minimum absolute atomic E-state index is 0.500. The van der Waals surface area contributed by atoms with Gasteiger partial charge in [0.25, 0.3) is 0 Å². The molecule has 3 heteroatoms. The van der Waals surface area contributed by atoms with E-state index in [1.807, 2.05) is 6.20 Å². The molecule has 0 aliphatic heterocycles. The van der Waals surface area contributed by atoms with Crippen LogP contribution in [0.4, 0.5) is 0 Å². The van der Waals surface area contributed by atoms with Crippen molar-refractivity contribution < 1.29 is 0 Å². The summed E-state index contributed by atoms with van der Waals surface area (Å²) in [5, 5.41) is 8.54. The van der Waals surface area contributed by atoms with Gasteiger partial charge in [-0.05, 0) is 25.5 Å². The lowest BCUT2D eigenvalue weighted by Crippen LogP contribution is -1.88. The number of hydrogen-bond donors (Lipinski definition) is 1. The van der Waals surface area contributed by atoms with Crippen molar-refractivity contribution in [3.8, 4) is 17.3 Å². The number of aromatic amines is 1. The quantitative estimate of drug-likeness (QED) is 0.872. The molecule has 0 atom stereocenters. The van der Waals surface area contributed by atoms with Gasteiger partial charge in [-0.15, -0.1) is 0 Å². The van der Waals surface area contributed by atoms with Gasteiger partial charge in [0, 0.05) is 18.4 Å². The summed E-state index contributed by atoms with van der Waals surface area (Å²) in [6.07, 6.45) is 3.02. The molecule has 1 aromatic heterocycles. The predicted octanol–water partition coefficient (Wildman–Crippen LogP) is 3.15. The lowest BCUT2D eigenvalue weighted by atomic mass is 10.0. The summed E-state index contributed by atoms with van der Waals surface area (Å²) >= 11 is 0. The fraction of sp³-hybridized carbons (Fsp3) is 0.286. The molecule has 0 unspecified atom stereocenters. The third kappa shape index (κ3) is 2.54. The van der Waals surface area contributed by atoms with Crippen LogP contribution in [0.3, 0.4) is 0 Å². The molecular weight excluding hydrogens is 210 g/mol. The van der Waals surface area contributed by atoms with E-state index in [2.05, 4.69) is 48.1 Å². The molecule has 0 amide bonds. The second-order valence-electron chi connectivity index (χ2n) is 4.22. The molecule has 0 fully saturated rings. The molecule has 3 nitrogen and oxygen atoms in total. The highest BCUT2D eigenvalue weighted by Gasteiger charge is 2.06. The number of benzene rings is 1. The Bertz CT molecular complexity index is 561. The van der Waals surface area contributed by atoms with Crippen molar-refractivity contribution >= 4 is 0 Å². The first kappa shape index (κ1) is 11.4. The van der Waals surface area contributed by atoms with Gasteiger partial charge < -0.3 is 4.98 Å². The van der Waals surface area contributed by atoms with Crippen LogP contribution in [0.1, 0.15) is 23.4 Å². The summed E-state index contributed by atoms with van der Waals surface area (Å²) in [4.78, 5) is 7.56. The Balaban J connectivity index is 2.30. The Morgan fingerprint density at radius 3 is 2.94 bits per heavy atom. The van der Waals surface area contributed by atoms with Crippen molar-refractivity contribution in [3.05, 3.63) is 41.3 Å². The molecule has 0 aliphatic rings. The van der Waals surface area contributed by atoms with Crippen molar-refractivity contribution in [2.24, 2.45) is 0 Å². The number of hydrogen-bond acceptors (Lipinski definition) is 2. The maximum Gasteiger partial charge on any atom is 0.107 e. The Labute approximate surface area is 101 Å². The Morgan fingerprint density at radius 1 is 1.35 bits per heavy atom. The second-order valence-corrected chi connectivity index (χ2v) is 4.22. The van der Waals surface area contributed by atoms with Crippen LogP contribution >= 0.6 is 0 Å². The van der Waals surface area contributed by atoms with E-state index in [-0.39, 0.29) is 0 Å². The van der Waals surface area contributed by atoms with Crippen molar-refractivity contribution in [1.29, 1.82) is 5.26 Å². The molecule has 2 rings (SSSR count). The molecule has 1 aromatic carbocycles. The summed E-state index contributed by atoms with van der Waals surface area (Å²) in [5.41, 5.74) is 4.67. The second kappa shape index (κ2) is 4.84. The molecule has 0 aliphatic carbocycles. The lowest BCUT2D eigenvalue weighted by molar-refractivity contribution is 0.918. The molecular formula is C14H15N3. The Hall–Kier alpha value is -2.08. The first-order valence-electron chi connectivity index (χ1n) is 5.69. The average Bonchev–Trinajstić information content (AvgIpc) is 2.78. The number of imidazole rings is 1. The molecule has 0 radical (unpaired) electrons. The van der Waals surface area contributed by atoms with E-state index in [4.69, 9.17) is 5.26 Å². The minimum atomic E-state index is 0.500. The van der Waals surface area contributed by atoms with E-state index >= 15 is 0 Å².